The van der Waals surface area contributed by atoms with Gasteiger partial charge in [0.2, 0.25) is 0 Å². The number of hydrogen-bond acceptors (Lipinski definition) is 1. The Kier molecular flexibility index (Phi) is 5.74. The molecule has 2 rings (SSSR count). The highest BCUT2D eigenvalue weighted by Gasteiger charge is 2.15. The summed E-state index contributed by atoms with van der Waals surface area (Å²) in [6.45, 7) is 0. The van der Waals surface area contributed by atoms with E-state index in [4.69, 9.17) is 4.74 Å². The van der Waals surface area contributed by atoms with Gasteiger partial charge in [-0.15, -0.1) is 0 Å². The zero-order valence-corrected chi connectivity index (χ0v) is 13.4. The van der Waals surface area contributed by atoms with Gasteiger partial charge in [-0.05, 0) is 48.1 Å². The number of hydrogen-bond donors (Lipinski definition) is 0. The van der Waals surface area contributed by atoms with Crippen molar-refractivity contribution in [2.24, 2.45) is 5.92 Å². The van der Waals surface area contributed by atoms with Gasteiger partial charge in [0.05, 0.1) is 7.11 Å². The fourth-order valence-corrected chi connectivity index (χ4v) is 2.82. The van der Waals surface area contributed by atoms with Crippen LogP contribution in [0.1, 0.15) is 11.1 Å². The molecule has 0 saturated carbocycles. The van der Waals surface area contributed by atoms with E-state index in [2.05, 4.69) is 15.9 Å². The molecule has 4 heteroatoms. The van der Waals surface area contributed by atoms with E-state index in [9.17, 15) is 8.78 Å². The van der Waals surface area contributed by atoms with Crippen LogP contribution in [0.3, 0.4) is 0 Å². The first-order valence-electron chi connectivity index (χ1n) is 6.75. The highest BCUT2D eigenvalue weighted by molar-refractivity contribution is 9.09. The van der Waals surface area contributed by atoms with Crippen molar-refractivity contribution in [2.45, 2.75) is 12.8 Å². The van der Waals surface area contributed by atoms with Crippen molar-refractivity contribution in [1.82, 2.24) is 0 Å². The topological polar surface area (TPSA) is 9.23 Å². The van der Waals surface area contributed by atoms with Crippen molar-refractivity contribution in [2.75, 3.05) is 12.4 Å². The third-order valence-corrected chi connectivity index (χ3v) is 4.32. The van der Waals surface area contributed by atoms with Crippen LogP contribution in [0, 0.1) is 17.6 Å². The van der Waals surface area contributed by atoms with Crippen LogP contribution >= 0.6 is 15.9 Å². The average molecular weight is 355 g/mol. The van der Waals surface area contributed by atoms with Crippen molar-refractivity contribution in [3.63, 3.8) is 0 Å². The predicted molar refractivity (Wildman–Crippen MR) is 84.0 cm³/mol. The molecule has 1 unspecified atom stereocenters. The molecular formula is C17H17BrF2O. The fraction of sp³-hybridized carbons (Fsp3) is 0.294. The molecule has 1 atom stereocenters. The number of alkyl halides is 1. The number of methoxy groups -OCH3 is 1. The average Bonchev–Trinajstić information content (AvgIpc) is 2.48. The summed E-state index contributed by atoms with van der Waals surface area (Å²) in [4.78, 5) is 0. The maximum atomic E-state index is 14.2. The summed E-state index contributed by atoms with van der Waals surface area (Å²) < 4.78 is 32.4. The van der Waals surface area contributed by atoms with E-state index in [0.29, 0.717) is 18.4 Å². The van der Waals surface area contributed by atoms with Gasteiger partial charge in [-0.3, -0.25) is 0 Å². The molecular weight excluding hydrogens is 338 g/mol. The van der Waals surface area contributed by atoms with Crippen LogP contribution in [0.25, 0.3) is 0 Å². The molecule has 0 bridgehead atoms. The van der Waals surface area contributed by atoms with Gasteiger partial charge in [0, 0.05) is 5.33 Å². The van der Waals surface area contributed by atoms with Gasteiger partial charge in [-0.25, -0.2) is 8.78 Å². The van der Waals surface area contributed by atoms with Gasteiger partial charge >= 0.3 is 0 Å². The Hall–Kier alpha value is -1.42. The first kappa shape index (κ1) is 16.0. The second-order valence-electron chi connectivity index (χ2n) is 4.99. The highest BCUT2D eigenvalue weighted by Crippen LogP contribution is 2.24. The van der Waals surface area contributed by atoms with E-state index in [0.717, 1.165) is 10.9 Å². The Balaban J connectivity index is 2.12. The number of benzene rings is 2. The molecule has 2 aromatic rings. The van der Waals surface area contributed by atoms with Crippen LogP contribution in [0.2, 0.25) is 0 Å². The Bertz CT molecular complexity index is 601. The third-order valence-electron chi connectivity index (χ3n) is 3.40. The van der Waals surface area contributed by atoms with Crippen molar-refractivity contribution < 1.29 is 13.5 Å². The largest absolute Gasteiger partial charge is 0.494 e. The van der Waals surface area contributed by atoms with E-state index in [-0.39, 0.29) is 23.3 Å². The lowest BCUT2D eigenvalue weighted by Gasteiger charge is -2.15. The Morgan fingerprint density at radius 1 is 1.10 bits per heavy atom. The Morgan fingerprint density at radius 2 is 1.86 bits per heavy atom. The third kappa shape index (κ3) is 4.27. The predicted octanol–water partition coefficient (Wildman–Crippen LogP) is 4.77. The van der Waals surface area contributed by atoms with E-state index in [1.165, 1.54) is 19.2 Å². The zero-order chi connectivity index (χ0) is 15.2. The second kappa shape index (κ2) is 7.55. The van der Waals surface area contributed by atoms with Gasteiger partial charge in [-0.2, -0.15) is 0 Å². The van der Waals surface area contributed by atoms with E-state index >= 15 is 0 Å². The van der Waals surface area contributed by atoms with Crippen molar-refractivity contribution in [1.29, 1.82) is 0 Å². The zero-order valence-electron chi connectivity index (χ0n) is 11.8. The van der Waals surface area contributed by atoms with E-state index in [1.54, 1.807) is 24.3 Å². The van der Waals surface area contributed by atoms with Crippen molar-refractivity contribution in [3.8, 4) is 5.75 Å². The summed E-state index contributed by atoms with van der Waals surface area (Å²) in [7, 11) is 1.46. The van der Waals surface area contributed by atoms with Crippen LogP contribution < -0.4 is 4.74 Å². The maximum absolute atomic E-state index is 14.2. The molecule has 0 saturated heterocycles. The van der Waals surface area contributed by atoms with Crippen molar-refractivity contribution in [3.05, 3.63) is 65.2 Å². The van der Waals surface area contributed by atoms with Gasteiger partial charge < -0.3 is 4.74 Å². The summed E-state index contributed by atoms with van der Waals surface area (Å²) in [6.07, 6.45) is 1.27. The number of rotatable bonds is 6. The number of ether oxygens (including phenoxy) is 1. The molecule has 21 heavy (non-hydrogen) atoms. The molecule has 0 N–H and O–H groups in total. The molecule has 0 heterocycles. The van der Waals surface area contributed by atoms with Crippen LogP contribution in [0.15, 0.2) is 42.5 Å². The molecule has 0 aliphatic carbocycles. The molecule has 0 aromatic heterocycles. The molecule has 0 spiro atoms. The molecule has 2 aromatic carbocycles. The van der Waals surface area contributed by atoms with Crippen LogP contribution in [0.4, 0.5) is 8.78 Å². The lowest BCUT2D eigenvalue weighted by Crippen LogP contribution is -2.11. The van der Waals surface area contributed by atoms with E-state index in [1.807, 2.05) is 6.07 Å². The van der Waals surface area contributed by atoms with Gasteiger partial charge in [0.15, 0.2) is 11.6 Å². The molecule has 1 nitrogen and oxygen atoms in total. The molecule has 0 aliphatic heterocycles. The molecule has 0 amide bonds. The van der Waals surface area contributed by atoms with Crippen LogP contribution in [0.5, 0.6) is 5.75 Å². The lowest BCUT2D eigenvalue weighted by atomic mass is 9.94. The summed E-state index contributed by atoms with van der Waals surface area (Å²) in [6, 6.07) is 11.7. The molecule has 112 valence electrons. The van der Waals surface area contributed by atoms with Crippen molar-refractivity contribution >= 4 is 15.9 Å². The highest BCUT2D eigenvalue weighted by atomic mass is 79.9. The second-order valence-corrected chi connectivity index (χ2v) is 5.64. The lowest BCUT2D eigenvalue weighted by molar-refractivity contribution is 0.382. The van der Waals surface area contributed by atoms with Gasteiger partial charge in [-0.1, -0.05) is 40.2 Å². The minimum Gasteiger partial charge on any atom is -0.494 e. The van der Waals surface area contributed by atoms with Gasteiger partial charge in [0.1, 0.15) is 5.82 Å². The van der Waals surface area contributed by atoms with E-state index < -0.39 is 0 Å². The molecule has 0 aliphatic rings. The normalized spacial score (nSPS) is 12.2. The molecule has 0 fully saturated rings. The summed E-state index contributed by atoms with van der Waals surface area (Å²) in [5.41, 5.74) is 1.54. The standard InChI is InChI=1S/C17H17BrF2O/c1-21-16-7-3-5-14(17(16)20)9-13(11-18)8-12-4-2-6-15(19)10-12/h2-7,10,13H,8-9,11H2,1H3. The Morgan fingerprint density at radius 3 is 2.52 bits per heavy atom. The summed E-state index contributed by atoms with van der Waals surface area (Å²) in [5.74, 6) is -0.112. The first-order chi connectivity index (χ1) is 10.1. The quantitative estimate of drug-likeness (QED) is 0.679. The van der Waals surface area contributed by atoms with Gasteiger partial charge in [0.25, 0.3) is 0 Å². The monoisotopic (exact) mass is 354 g/mol. The summed E-state index contributed by atoms with van der Waals surface area (Å²) >= 11 is 3.46. The first-order valence-corrected chi connectivity index (χ1v) is 7.88. The Labute approximate surface area is 132 Å². The molecule has 0 radical (unpaired) electrons. The minimum absolute atomic E-state index is 0.188. The summed E-state index contributed by atoms with van der Waals surface area (Å²) in [5, 5.41) is 0.722. The fourth-order valence-electron chi connectivity index (χ4n) is 2.36. The van der Waals surface area contributed by atoms with Crippen LogP contribution in [-0.4, -0.2) is 12.4 Å². The minimum atomic E-state index is -0.315. The number of halogens is 3. The van der Waals surface area contributed by atoms with Crippen LogP contribution in [-0.2, 0) is 12.8 Å². The SMILES string of the molecule is COc1cccc(CC(CBr)Cc2cccc(F)c2)c1F. The smallest absolute Gasteiger partial charge is 0.168 e. The maximum Gasteiger partial charge on any atom is 0.168 e.